The first-order valence-corrected chi connectivity index (χ1v) is 20.8. The molecular weight excluding hydrogens is 741 g/mol. The molecule has 0 saturated heterocycles. The van der Waals surface area contributed by atoms with Crippen molar-refractivity contribution in [2.75, 3.05) is 4.90 Å². The molecule has 0 aliphatic rings. The summed E-state index contributed by atoms with van der Waals surface area (Å²) in [5.74, 6) is 0. The summed E-state index contributed by atoms with van der Waals surface area (Å²) in [6.45, 7) is 0. The van der Waals surface area contributed by atoms with Crippen LogP contribution in [0.5, 0.6) is 0 Å². The van der Waals surface area contributed by atoms with Crippen molar-refractivity contribution in [1.82, 2.24) is 4.57 Å². The second-order valence-corrected chi connectivity index (χ2v) is 15.7. The Hall–Kier alpha value is -8.14. The quantitative estimate of drug-likeness (QED) is 0.161. The molecule has 0 saturated carbocycles. The molecule has 12 rings (SSSR count). The number of aromatic nitrogens is 1. The number of anilines is 3. The first-order chi connectivity index (χ1) is 30.2. The van der Waals surface area contributed by atoms with Crippen molar-refractivity contribution in [2.24, 2.45) is 0 Å². The highest BCUT2D eigenvalue weighted by Crippen LogP contribution is 2.41. The van der Waals surface area contributed by atoms with Crippen molar-refractivity contribution in [3.05, 3.63) is 231 Å². The predicted molar refractivity (Wildman–Crippen MR) is 257 cm³/mol. The van der Waals surface area contributed by atoms with E-state index < -0.39 is 0 Å². The molecule has 2 heterocycles. The van der Waals surface area contributed by atoms with Crippen molar-refractivity contribution in [1.29, 1.82) is 0 Å². The van der Waals surface area contributed by atoms with Gasteiger partial charge in [-0.05, 0) is 117 Å². The molecule has 0 aliphatic heterocycles. The lowest BCUT2D eigenvalue weighted by Crippen LogP contribution is -2.09. The van der Waals surface area contributed by atoms with Crippen LogP contribution in [0.4, 0.5) is 17.1 Å². The Kier molecular flexibility index (Phi) is 8.17. The molecular formula is C58H38N2O. The molecule has 0 aliphatic carbocycles. The van der Waals surface area contributed by atoms with Crippen LogP contribution in [0.3, 0.4) is 0 Å². The molecule has 12 aromatic rings. The molecule has 286 valence electrons. The standard InChI is InChI=1S/C58H38N2O/c1-2-10-39(11-3-1)42-22-30-46(31-23-42)59(49-36-28-45-29-37-57-58(53(45)38-49)52-14-6-9-17-56(52)61-57)47-32-24-43(25-33-47)40-18-20-41(21-19-40)44-26-34-48(35-27-44)60-54-15-7-4-12-50(54)51-13-5-8-16-55(51)60/h1-38H. The summed E-state index contributed by atoms with van der Waals surface area (Å²) in [5, 5.41) is 7.17. The van der Waals surface area contributed by atoms with Gasteiger partial charge < -0.3 is 13.9 Å². The van der Waals surface area contributed by atoms with Gasteiger partial charge in [0.25, 0.3) is 0 Å². The Morgan fingerprint density at radius 2 is 0.754 bits per heavy atom. The van der Waals surface area contributed by atoms with Gasteiger partial charge in [0, 0.05) is 44.3 Å². The SMILES string of the molecule is c1ccc(-c2ccc(N(c3ccc(-c4ccc(-c5ccc(-n6c7ccccc7c7ccccc76)cc5)cc4)cc3)c3ccc4ccc5oc6ccccc6c5c4c3)cc2)cc1. The minimum atomic E-state index is 0.899. The summed E-state index contributed by atoms with van der Waals surface area (Å²) in [6, 6.07) is 82.9. The fourth-order valence-corrected chi connectivity index (χ4v) is 9.21. The van der Waals surface area contributed by atoms with E-state index in [0.29, 0.717) is 0 Å². The topological polar surface area (TPSA) is 21.3 Å². The highest BCUT2D eigenvalue weighted by molar-refractivity contribution is 6.19. The third-order valence-electron chi connectivity index (χ3n) is 12.2. The van der Waals surface area contributed by atoms with E-state index in [4.69, 9.17) is 4.42 Å². The number of hydrogen-bond donors (Lipinski definition) is 0. The smallest absolute Gasteiger partial charge is 0.136 e. The number of para-hydroxylation sites is 3. The minimum absolute atomic E-state index is 0.899. The van der Waals surface area contributed by atoms with E-state index in [1.807, 2.05) is 12.1 Å². The predicted octanol–water partition coefficient (Wildman–Crippen LogP) is 16.3. The summed E-state index contributed by atoms with van der Waals surface area (Å²) in [7, 11) is 0. The molecule has 3 heteroatoms. The lowest BCUT2D eigenvalue weighted by atomic mass is 9.99. The molecule has 0 spiro atoms. The van der Waals surface area contributed by atoms with E-state index in [0.717, 1.165) is 44.7 Å². The van der Waals surface area contributed by atoms with Crippen molar-refractivity contribution < 1.29 is 4.42 Å². The molecule has 0 atom stereocenters. The number of nitrogens with zero attached hydrogens (tertiary/aromatic N) is 2. The van der Waals surface area contributed by atoms with E-state index in [2.05, 4.69) is 228 Å². The van der Waals surface area contributed by atoms with Crippen LogP contribution in [0.15, 0.2) is 235 Å². The van der Waals surface area contributed by atoms with Crippen LogP contribution < -0.4 is 4.90 Å². The van der Waals surface area contributed by atoms with Gasteiger partial charge in [0.05, 0.1) is 11.0 Å². The molecule has 0 fully saturated rings. The third kappa shape index (κ3) is 5.98. The molecule has 0 bridgehead atoms. The Balaban J connectivity index is 0.878. The average Bonchev–Trinajstić information content (AvgIpc) is 3.89. The summed E-state index contributed by atoms with van der Waals surface area (Å²) < 4.78 is 8.67. The van der Waals surface area contributed by atoms with Crippen LogP contribution in [-0.2, 0) is 0 Å². The average molecular weight is 779 g/mol. The van der Waals surface area contributed by atoms with Gasteiger partial charge in [-0.1, -0.05) is 158 Å². The van der Waals surface area contributed by atoms with E-state index in [-0.39, 0.29) is 0 Å². The lowest BCUT2D eigenvalue weighted by Gasteiger charge is -2.26. The largest absolute Gasteiger partial charge is 0.456 e. The lowest BCUT2D eigenvalue weighted by molar-refractivity contribution is 0.669. The Bertz CT molecular complexity index is 3490. The molecule has 61 heavy (non-hydrogen) atoms. The van der Waals surface area contributed by atoms with E-state index in [9.17, 15) is 0 Å². The molecule has 0 radical (unpaired) electrons. The van der Waals surface area contributed by atoms with Gasteiger partial charge in [0.1, 0.15) is 11.2 Å². The van der Waals surface area contributed by atoms with Gasteiger partial charge in [-0.3, -0.25) is 0 Å². The van der Waals surface area contributed by atoms with Gasteiger partial charge in [-0.2, -0.15) is 0 Å². The van der Waals surface area contributed by atoms with E-state index in [1.54, 1.807) is 0 Å². The van der Waals surface area contributed by atoms with Gasteiger partial charge in [0.15, 0.2) is 0 Å². The van der Waals surface area contributed by atoms with Crippen LogP contribution >= 0.6 is 0 Å². The van der Waals surface area contributed by atoms with Crippen molar-refractivity contribution in [3.63, 3.8) is 0 Å². The first-order valence-electron chi connectivity index (χ1n) is 20.8. The van der Waals surface area contributed by atoms with Crippen LogP contribution in [0.25, 0.3) is 93.6 Å². The van der Waals surface area contributed by atoms with Gasteiger partial charge >= 0.3 is 0 Å². The summed E-state index contributed by atoms with van der Waals surface area (Å²) in [4.78, 5) is 2.35. The second kappa shape index (κ2) is 14.3. The maximum atomic E-state index is 6.30. The molecule has 2 aromatic heterocycles. The van der Waals surface area contributed by atoms with E-state index in [1.165, 1.54) is 66.0 Å². The first kappa shape index (κ1) is 34.9. The van der Waals surface area contributed by atoms with Crippen LogP contribution in [0.1, 0.15) is 0 Å². The number of benzene rings is 10. The maximum Gasteiger partial charge on any atom is 0.136 e. The fourth-order valence-electron chi connectivity index (χ4n) is 9.21. The van der Waals surface area contributed by atoms with Crippen molar-refractivity contribution >= 4 is 71.6 Å². The number of furan rings is 1. The maximum absolute atomic E-state index is 6.30. The van der Waals surface area contributed by atoms with Crippen molar-refractivity contribution in [2.45, 2.75) is 0 Å². The van der Waals surface area contributed by atoms with Crippen molar-refractivity contribution in [3.8, 4) is 39.1 Å². The van der Waals surface area contributed by atoms with Gasteiger partial charge in [0.2, 0.25) is 0 Å². The zero-order valence-corrected chi connectivity index (χ0v) is 33.2. The monoisotopic (exact) mass is 778 g/mol. The minimum Gasteiger partial charge on any atom is -0.456 e. The Labute approximate surface area is 353 Å². The van der Waals surface area contributed by atoms with Crippen LogP contribution in [0.2, 0.25) is 0 Å². The molecule has 0 N–H and O–H groups in total. The zero-order valence-electron chi connectivity index (χ0n) is 33.2. The zero-order chi connectivity index (χ0) is 40.3. The molecule has 3 nitrogen and oxygen atoms in total. The number of fused-ring (bicyclic) bond motifs is 8. The van der Waals surface area contributed by atoms with Gasteiger partial charge in [-0.25, -0.2) is 0 Å². The van der Waals surface area contributed by atoms with E-state index >= 15 is 0 Å². The normalized spacial score (nSPS) is 11.6. The molecule has 10 aromatic carbocycles. The Morgan fingerprint density at radius 1 is 0.311 bits per heavy atom. The summed E-state index contributed by atoms with van der Waals surface area (Å²) in [5.41, 5.74) is 15.8. The third-order valence-corrected chi connectivity index (χ3v) is 12.2. The number of hydrogen-bond acceptors (Lipinski definition) is 2. The highest BCUT2D eigenvalue weighted by atomic mass is 16.3. The number of rotatable bonds is 7. The summed E-state index contributed by atoms with van der Waals surface area (Å²) >= 11 is 0. The Morgan fingerprint density at radius 3 is 1.34 bits per heavy atom. The summed E-state index contributed by atoms with van der Waals surface area (Å²) in [6.07, 6.45) is 0. The second-order valence-electron chi connectivity index (χ2n) is 15.7. The van der Waals surface area contributed by atoms with Gasteiger partial charge in [-0.15, -0.1) is 0 Å². The van der Waals surface area contributed by atoms with Crippen LogP contribution in [-0.4, -0.2) is 4.57 Å². The highest BCUT2D eigenvalue weighted by Gasteiger charge is 2.17. The fraction of sp³-hybridized carbons (Fsp3) is 0. The molecule has 0 amide bonds. The van der Waals surface area contributed by atoms with Crippen LogP contribution in [0, 0.1) is 0 Å². The molecule has 0 unspecified atom stereocenters.